The van der Waals surface area contributed by atoms with E-state index in [9.17, 15) is 4.79 Å². The summed E-state index contributed by atoms with van der Waals surface area (Å²) in [5.74, 6) is 1.03. The fourth-order valence-electron chi connectivity index (χ4n) is 1.24. The molecule has 0 saturated heterocycles. The zero-order valence-electron chi connectivity index (χ0n) is 10.4. The minimum absolute atomic E-state index is 0.0772. The summed E-state index contributed by atoms with van der Waals surface area (Å²) in [5.41, 5.74) is 0. The number of benzene rings is 1. The van der Waals surface area contributed by atoms with Crippen LogP contribution in [0.15, 0.2) is 24.3 Å². The Labute approximate surface area is 101 Å². The van der Waals surface area contributed by atoms with Gasteiger partial charge in [-0.05, 0) is 45.0 Å². The van der Waals surface area contributed by atoms with Gasteiger partial charge in [0.05, 0.1) is 12.7 Å². The average molecular weight is 238 g/mol. The molecule has 0 bridgehead atoms. The number of rotatable bonds is 6. The molecule has 0 aliphatic rings. The summed E-state index contributed by atoms with van der Waals surface area (Å²) < 4.78 is 15.5. The second-order valence-corrected chi connectivity index (χ2v) is 3.73. The maximum Gasteiger partial charge on any atom is 0.344 e. The van der Waals surface area contributed by atoms with E-state index in [1.165, 1.54) is 0 Å². The molecule has 1 aromatic rings. The molecule has 0 aromatic heterocycles. The SMILES string of the molecule is CCOc1ccc(OCC(=O)OC(C)C)cc1. The smallest absolute Gasteiger partial charge is 0.344 e. The molecule has 0 atom stereocenters. The molecule has 4 heteroatoms. The van der Waals surface area contributed by atoms with Crippen LogP contribution in [-0.2, 0) is 9.53 Å². The standard InChI is InChI=1S/C13H18O4/c1-4-15-11-5-7-12(8-6-11)16-9-13(14)17-10(2)3/h5-8,10H,4,9H2,1-3H3. The van der Waals surface area contributed by atoms with Gasteiger partial charge in [0.15, 0.2) is 6.61 Å². The van der Waals surface area contributed by atoms with Gasteiger partial charge in [0.2, 0.25) is 0 Å². The number of carbonyl (C=O) groups excluding carboxylic acids is 1. The van der Waals surface area contributed by atoms with Crippen molar-refractivity contribution in [3.63, 3.8) is 0 Å². The van der Waals surface area contributed by atoms with E-state index in [2.05, 4.69) is 0 Å². The van der Waals surface area contributed by atoms with E-state index in [0.717, 1.165) is 5.75 Å². The summed E-state index contributed by atoms with van der Waals surface area (Å²) in [6.45, 7) is 6.07. The predicted octanol–water partition coefficient (Wildman–Crippen LogP) is 2.42. The summed E-state index contributed by atoms with van der Waals surface area (Å²) >= 11 is 0. The summed E-state index contributed by atoms with van der Waals surface area (Å²) in [6, 6.07) is 7.11. The predicted molar refractivity (Wildman–Crippen MR) is 64.3 cm³/mol. The van der Waals surface area contributed by atoms with E-state index < -0.39 is 0 Å². The minimum atomic E-state index is -0.367. The molecule has 17 heavy (non-hydrogen) atoms. The lowest BCUT2D eigenvalue weighted by Crippen LogP contribution is -2.18. The molecule has 0 saturated carbocycles. The number of hydrogen-bond acceptors (Lipinski definition) is 4. The first-order chi connectivity index (χ1) is 8.11. The summed E-state index contributed by atoms with van der Waals surface area (Å²) in [4.78, 5) is 11.2. The van der Waals surface area contributed by atoms with Crippen molar-refractivity contribution in [1.82, 2.24) is 0 Å². The van der Waals surface area contributed by atoms with Gasteiger partial charge in [0.25, 0.3) is 0 Å². The summed E-state index contributed by atoms with van der Waals surface area (Å²) in [6.07, 6.45) is -0.119. The zero-order chi connectivity index (χ0) is 12.7. The van der Waals surface area contributed by atoms with Gasteiger partial charge in [-0.1, -0.05) is 0 Å². The third-order valence-electron chi connectivity index (χ3n) is 1.86. The van der Waals surface area contributed by atoms with Crippen molar-refractivity contribution in [2.45, 2.75) is 26.9 Å². The van der Waals surface area contributed by atoms with Gasteiger partial charge in [-0.25, -0.2) is 4.79 Å². The molecule has 0 unspecified atom stereocenters. The van der Waals surface area contributed by atoms with Gasteiger partial charge in [0.1, 0.15) is 11.5 Å². The summed E-state index contributed by atoms with van der Waals surface area (Å²) in [7, 11) is 0. The highest BCUT2D eigenvalue weighted by Gasteiger charge is 2.06. The Morgan fingerprint density at radius 1 is 1.12 bits per heavy atom. The van der Waals surface area contributed by atoms with Crippen LogP contribution in [0.5, 0.6) is 11.5 Å². The van der Waals surface area contributed by atoms with Gasteiger partial charge in [0, 0.05) is 0 Å². The van der Waals surface area contributed by atoms with Crippen LogP contribution in [0.1, 0.15) is 20.8 Å². The van der Waals surface area contributed by atoms with E-state index in [-0.39, 0.29) is 18.7 Å². The van der Waals surface area contributed by atoms with Crippen LogP contribution in [0.2, 0.25) is 0 Å². The first-order valence-corrected chi connectivity index (χ1v) is 5.67. The molecule has 0 aliphatic carbocycles. The van der Waals surface area contributed by atoms with Crippen molar-refractivity contribution in [1.29, 1.82) is 0 Å². The van der Waals surface area contributed by atoms with Crippen molar-refractivity contribution >= 4 is 5.97 Å². The Hall–Kier alpha value is -1.71. The van der Waals surface area contributed by atoms with Crippen molar-refractivity contribution in [3.05, 3.63) is 24.3 Å². The van der Waals surface area contributed by atoms with Gasteiger partial charge < -0.3 is 14.2 Å². The fraction of sp³-hybridized carbons (Fsp3) is 0.462. The molecule has 94 valence electrons. The van der Waals surface area contributed by atoms with Crippen LogP contribution in [0.3, 0.4) is 0 Å². The van der Waals surface area contributed by atoms with Crippen LogP contribution in [0.4, 0.5) is 0 Å². The third-order valence-corrected chi connectivity index (χ3v) is 1.86. The highest BCUT2D eigenvalue weighted by molar-refractivity contribution is 5.71. The van der Waals surface area contributed by atoms with E-state index in [4.69, 9.17) is 14.2 Å². The average Bonchev–Trinajstić information content (AvgIpc) is 2.28. The van der Waals surface area contributed by atoms with Crippen molar-refractivity contribution in [2.24, 2.45) is 0 Å². The highest BCUT2D eigenvalue weighted by Crippen LogP contribution is 2.17. The third kappa shape index (κ3) is 5.24. The molecule has 0 heterocycles. The van der Waals surface area contributed by atoms with E-state index >= 15 is 0 Å². The normalized spacial score (nSPS) is 10.1. The lowest BCUT2D eigenvalue weighted by Gasteiger charge is -2.09. The Kier molecular flexibility index (Phi) is 5.33. The molecule has 4 nitrogen and oxygen atoms in total. The summed E-state index contributed by atoms with van der Waals surface area (Å²) in [5, 5.41) is 0. The molecule has 0 radical (unpaired) electrons. The second-order valence-electron chi connectivity index (χ2n) is 3.73. The lowest BCUT2D eigenvalue weighted by molar-refractivity contribution is -0.149. The van der Waals surface area contributed by atoms with E-state index in [1.807, 2.05) is 6.92 Å². The largest absolute Gasteiger partial charge is 0.494 e. The van der Waals surface area contributed by atoms with Crippen molar-refractivity contribution in [2.75, 3.05) is 13.2 Å². The topological polar surface area (TPSA) is 44.8 Å². The van der Waals surface area contributed by atoms with Gasteiger partial charge in [-0.3, -0.25) is 0 Å². The quantitative estimate of drug-likeness (QED) is 0.714. The van der Waals surface area contributed by atoms with Crippen LogP contribution in [0, 0.1) is 0 Å². The Morgan fingerprint density at radius 2 is 1.65 bits per heavy atom. The molecule has 0 amide bonds. The van der Waals surface area contributed by atoms with Gasteiger partial charge in [-0.2, -0.15) is 0 Å². The number of esters is 1. The second kappa shape index (κ2) is 6.78. The van der Waals surface area contributed by atoms with E-state index in [1.54, 1.807) is 38.1 Å². The molecule has 0 aliphatic heterocycles. The molecule has 0 N–H and O–H groups in total. The van der Waals surface area contributed by atoms with E-state index in [0.29, 0.717) is 12.4 Å². The van der Waals surface area contributed by atoms with Crippen molar-refractivity contribution in [3.8, 4) is 11.5 Å². The first-order valence-electron chi connectivity index (χ1n) is 5.67. The molecular formula is C13H18O4. The first kappa shape index (κ1) is 13.4. The lowest BCUT2D eigenvalue weighted by atomic mass is 10.3. The highest BCUT2D eigenvalue weighted by atomic mass is 16.6. The van der Waals surface area contributed by atoms with Crippen LogP contribution in [-0.4, -0.2) is 25.3 Å². The maximum absolute atomic E-state index is 11.2. The molecular weight excluding hydrogens is 220 g/mol. The molecule has 1 rings (SSSR count). The van der Waals surface area contributed by atoms with Crippen molar-refractivity contribution < 1.29 is 19.0 Å². The van der Waals surface area contributed by atoms with Gasteiger partial charge in [-0.15, -0.1) is 0 Å². The van der Waals surface area contributed by atoms with Crippen LogP contribution < -0.4 is 9.47 Å². The molecule has 1 aromatic carbocycles. The number of hydrogen-bond donors (Lipinski definition) is 0. The zero-order valence-corrected chi connectivity index (χ0v) is 10.4. The molecule has 0 fully saturated rings. The maximum atomic E-state index is 11.2. The monoisotopic (exact) mass is 238 g/mol. The molecule has 0 spiro atoms. The number of carbonyl (C=O) groups is 1. The van der Waals surface area contributed by atoms with Crippen LogP contribution >= 0.6 is 0 Å². The number of ether oxygens (including phenoxy) is 3. The Morgan fingerprint density at radius 3 is 2.12 bits per heavy atom. The Balaban J connectivity index is 2.39. The Bertz CT molecular complexity index is 343. The minimum Gasteiger partial charge on any atom is -0.494 e. The fourth-order valence-corrected chi connectivity index (χ4v) is 1.24. The van der Waals surface area contributed by atoms with Gasteiger partial charge >= 0.3 is 5.97 Å². The van der Waals surface area contributed by atoms with Crippen LogP contribution in [0.25, 0.3) is 0 Å².